The molecular weight excluding hydrogens is 507 g/mol. The van der Waals surface area contributed by atoms with Crippen LogP contribution in [0, 0.1) is 24.7 Å². The zero-order valence-corrected chi connectivity index (χ0v) is 24.7. The van der Waals surface area contributed by atoms with Crippen molar-refractivity contribution < 1.29 is 24.2 Å². The molecule has 0 aliphatic carbocycles. The van der Waals surface area contributed by atoms with Crippen LogP contribution in [-0.2, 0) is 4.74 Å². The average molecular weight is 547 g/mol. The van der Waals surface area contributed by atoms with Crippen molar-refractivity contribution in [1.82, 2.24) is 4.98 Å². The van der Waals surface area contributed by atoms with Gasteiger partial charge in [0.25, 0.3) is 5.91 Å². The van der Waals surface area contributed by atoms with Crippen LogP contribution in [0.25, 0.3) is 10.2 Å². The zero-order chi connectivity index (χ0) is 27.7. The third-order valence-corrected chi connectivity index (χ3v) is 7.96. The minimum Gasteiger partial charge on any atom is -0.496 e. The highest BCUT2D eigenvalue weighted by atomic mass is 32.1. The first-order valence-electron chi connectivity index (χ1n) is 12.4. The van der Waals surface area contributed by atoms with E-state index in [1.165, 1.54) is 31.3 Å². The van der Waals surface area contributed by atoms with Crippen molar-refractivity contribution in [2.24, 2.45) is 17.8 Å². The van der Waals surface area contributed by atoms with Gasteiger partial charge in [-0.2, -0.15) is 0 Å². The molecule has 202 valence electrons. The first-order valence-corrected chi connectivity index (χ1v) is 13.8. The van der Waals surface area contributed by atoms with Gasteiger partial charge in [-0.25, -0.2) is 9.78 Å². The van der Waals surface area contributed by atoms with Gasteiger partial charge in [0.15, 0.2) is 0 Å². The fourth-order valence-electron chi connectivity index (χ4n) is 4.19. The van der Waals surface area contributed by atoms with E-state index in [0.29, 0.717) is 32.8 Å². The molecule has 1 heterocycles. The third kappa shape index (κ3) is 8.22. The summed E-state index contributed by atoms with van der Waals surface area (Å²) in [5.74, 6) is 1.25. The van der Waals surface area contributed by atoms with E-state index in [1.54, 1.807) is 37.4 Å². The lowest BCUT2D eigenvalue weighted by Crippen LogP contribution is -2.19. The molecule has 0 saturated carbocycles. The van der Waals surface area contributed by atoms with Crippen molar-refractivity contribution in [2.45, 2.75) is 47.5 Å². The molecule has 4 unspecified atom stereocenters. The average Bonchev–Trinajstić information content (AvgIpc) is 3.23. The number of anilines is 1. The van der Waals surface area contributed by atoms with Crippen LogP contribution < -0.4 is 15.4 Å². The predicted octanol–water partition coefficient (Wildman–Crippen LogP) is 6.41. The van der Waals surface area contributed by atoms with Crippen molar-refractivity contribution in [3.05, 3.63) is 46.5 Å². The van der Waals surface area contributed by atoms with Crippen LogP contribution in [0.4, 0.5) is 5.69 Å². The summed E-state index contributed by atoms with van der Waals surface area (Å²) in [6, 6.07) is 8.36. The molecule has 1 aromatic heterocycles. The van der Waals surface area contributed by atoms with Gasteiger partial charge in [-0.1, -0.05) is 46.2 Å². The Morgan fingerprint density at radius 2 is 1.81 bits per heavy atom. The van der Waals surface area contributed by atoms with E-state index >= 15 is 0 Å². The quantitative estimate of drug-likeness (QED) is 0.285. The van der Waals surface area contributed by atoms with Gasteiger partial charge in [0.1, 0.15) is 11.3 Å². The Morgan fingerprint density at radius 3 is 2.41 bits per heavy atom. The summed E-state index contributed by atoms with van der Waals surface area (Å²) in [5, 5.41) is 13.4. The Kier molecular flexibility index (Phi) is 12.0. The number of rotatable bonds is 10. The Balaban J connectivity index is 0.000000341. The van der Waals surface area contributed by atoms with Gasteiger partial charge in [0.2, 0.25) is 0 Å². The molecule has 37 heavy (non-hydrogen) atoms. The van der Waals surface area contributed by atoms with Crippen LogP contribution >= 0.6 is 20.6 Å². The van der Waals surface area contributed by atoms with E-state index in [-0.39, 0.29) is 11.3 Å². The number of carboxylic acids is 1. The zero-order valence-electron chi connectivity index (χ0n) is 22.8. The summed E-state index contributed by atoms with van der Waals surface area (Å²) >= 11 is 1.39. The summed E-state index contributed by atoms with van der Waals surface area (Å²) in [6.07, 6.45) is 2.59. The molecule has 1 amide bonds. The SMILES string of the molecule is CCC(C)C(C)CC(C)COC.COc1ccc2nc(C)sc2c1C(=O)Nc1cccc(P)c1C(=O)O. The summed E-state index contributed by atoms with van der Waals surface area (Å²) in [4.78, 5) is 28.8. The number of hydrogen-bond donors (Lipinski definition) is 2. The van der Waals surface area contributed by atoms with Crippen LogP contribution in [0.2, 0.25) is 0 Å². The monoisotopic (exact) mass is 546 g/mol. The molecule has 2 aromatic carbocycles. The summed E-state index contributed by atoms with van der Waals surface area (Å²) < 4.78 is 11.1. The fourth-order valence-corrected chi connectivity index (χ4v) is 5.53. The van der Waals surface area contributed by atoms with Gasteiger partial charge in [-0.15, -0.1) is 20.6 Å². The van der Waals surface area contributed by atoms with E-state index in [4.69, 9.17) is 9.47 Å². The number of hydrogen-bond acceptors (Lipinski definition) is 6. The number of aromatic nitrogens is 1. The van der Waals surface area contributed by atoms with Crippen LogP contribution in [0.3, 0.4) is 0 Å². The molecule has 0 spiro atoms. The molecule has 0 aliphatic heterocycles. The highest BCUT2D eigenvalue weighted by Crippen LogP contribution is 2.33. The van der Waals surface area contributed by atoms with Gasteiger partial charge < -0.3 is 19.9 Å². The Labute approximate surface area is 226 Å². The molecule has 0 aliphatic rings. The van der Waals surface area contributed by atoms with Crippen molar-refractivity contribution in [1.29, 1.82) is 0 Å². The van der Waals surface area contributed by atoms with E-state index in [2.05, 4.69) is 47.2 Å². The van der Waals surface area contributed by atoms with Crippen molar-refractivity contribution in [3.8, 4) is 5.75 Å². The molecule has 7 nitrogen and oxygen atoms in total. The van der Waals surface area contributed by atoms with Gasteiger partial charge in [0.05, 0.1) is 33.6 Å². The number of ether oxygens (including phenoxy) is 2. The maximum atomic E-state index is 12.9. The lowest BCUT2D eigenvalue weighted by molar-refractivity contribution is 0.0699. The number of benzene rings is 2. The standard InChI is InChI=1S/C17H15N2O4PS.C11H24O/c1-8-18-10-6-7-11(23-2)14(15(10)25-8)16(20)19-9-4-3-5-12(24)13(9)17(21)22;1-6-10(3)11(4)7-9(2)8-12-5/h3-7H,24H2,1-2H3,(H,19,20)(H,21,22);9-11H,6-8H2,1-5H3. The number of fused-ring (bicyclic) bond motifs is 1. The van der Waals surface area contributed by atoms with E-state index in [0.717, 1.165) is 23.5 Å². The molecule has 0 radical (unpaired) electrons. The lowest BCUT2D eigenvalue weighted by atomic mass is 9.86. The van der Waals surface area contributed by atoms with E-state index < -0.39 is 11.9 Å². The second-order valence-electron chi connectivity index (χ2n) is 9.41. The number of nitrogens with zero attached hydrogens (tertiary/aromatic N) is 1. The number of carbonyl (C=O) groups excluding carboxylic acids is 1. The minimum absolute atomic E-state index is 0.0347. The normalized spacial score (nSPS) is 13.3. The predicted molar refractivity (Wildman–Crippen MR) is 156 cm³/mol. The molecular formula is C28H39N2O5PS. The number of nitrogens with one attached hydrogen (secondary N) is 1. The van der Waals surface area contributed by atoms with Gasteiger partial charge in [0, 0.05) is 13.7 Å². The maximum absolute atomic E-state index is 12.9. The van der Waals surface area contributed by atoms with Crippen molar-refractivity contribution >= 4 is 53.7 Å². The molecule has 9 heteroatoms. The minimum atomic E-state index is -1.11. The summed E-state index contributed by atoms with van der Waals surface area (Å²) in [6.45, 7) is 12.0. The number of aromatic carboxylic acids is 1. The second kappa shape index (κ2) is 14.4. The Morgan fingerprint density at radius 1 is 1.11 bits per heavy atom. The highest BCUT2D eigenvalue weighted by molar-refractivity contribution is 7.27. The van der Waals surface area contributed by atoms with E-state index in [1.807, 2.05) is 6.92 Å². The Hall–Kier alpha value is -2.54. The summed E-state index contributed by atoms with van der Waals surface area (Å²) in [5.41, 5.74) is 1.31. The first kappa shape index (κ1) is 30.7. The molecule has 0 bridgehead atoms. The van der Waals surface area contributed by atoms with Crippen LogP contribution in [0.5, 0.6) is 5.75 Å². The number of thiazole rings is 1. The molecule has 3 rings (SSSR count). The lowest BCUT2D eigenvalue weighted by Gasteiger charge is -2.21. The molecule has 0 fully saturated rings. The Bertz CT molecular complexity index is 1210. The topological polar surface area (TPSA) is 97.8 Å². The van der Waals surface area contributed by atoms with Crippen LogP contribution in [-0.4, -0.2) is 42.8 Å². The molecule has 0 saturated heterocycles. The fraction of sp³-hybridized carbons (Fsp3) is 0.464. The number of carbonyl (C=O) groups is 2. The molecule has 2 N–H and O–H groups in total. The van der Waals surface area contributed by atoms with Crippen molar-refractivity contribution in [3.63, 3.8) is 0 Å². The van der Waals surface area contributed by atoms with Gasteiger partial charge in [-0.05, 0) is 54.6 Å². The first-order chi connectivity index (χ1) is 17.5. The van der Waals surface area contributed by atoms with Crippen molar-refractivity contribution in [2.75, 3.05) is 26.1 Å². The number of carboxylic acid groups (broad SMARTS) is 1. The second-order valence-corrected chi connectivity index (χ2v) is 11.2. The van der Waals surface area contributed by atoms with Crippen LogP contribution in [0.1, 0.15) is 66.3 Å². The van der Waals surface area contributed by atoms with Gasteiger partial charge >= 0.3 is 5.97 Å². The number of methoxy groups -OCH3 is 2. The van der Waals surface area contributed by atoms with Crippen LogP contribution in [0.15, 0.2) is 30.3 Å². The number of aryl methyl sites for hydroxylation is 1. The molecule has 3 aromatic rings. The smallest absolute Gasteiger partial charge is 0.338 e. The van der Waals surface area contributed by atoms with Gasteiger partial charge in [-0.3, -0.25) is 4.79 Å². The maximum Gasteiger partial charge on any atom is 0.338 e. The van der Waals surface area contributed by atoms with E-state index in [9.17, 15) is 14.7 Å². The largest absolute Gasteiger partial charge is 0.496 e. The highest BCUT2D eigenvalue weighted by Gasteiger charge is 2.22. The summed E-state index contributed by atoms with van der Waals surface area (Å²) in [7, 11) is 5.63. The number of amides is 1. The molecule has 4 atom stereocenters. The third-order valence-electron chi connectivity index (χ3n) is 6.47.